The number of aliphatic hydroxyl groups excluding tert-OH is 6. The van der Waals surface area contributed by atoms with Crippen molar-refractivity contribution >= 4 is 23.6 Å². The molecule has 4 rings (SSSR count). The number of rotatable bonds is 48. The number of ether oxygens (including phenoxy) is 6. The number of nitrogens with one attached hydrogen (secondary N) is 1. The lowest BCUT2D eigenvalue weighted by Gasteiger charge is -2.47. The molecule has 0 aromatic heterocycles. The van der Waals surface area contributed by atoms with Gasteiger partial charge in [-0.15, -0.1) is 0 Å². The van der Waals surface area contributed by atoms with E-state index in [9.17, 15) is 40.2 Å². The SMILES string of the molecule is CCCCCCCC/C=C\CCCCCCCCN(CCCCCCCC/C=C\CCCCCCCC)C(=O)CCC(=O)NCCSC[C@H]1O[C@@H](O[C@@H]2C(O)[C@H](N)CC(N)[C@@H]2O[C@@H]2OC(CN)[C@H](O)[C@H](O)C2N)C(O)[C@H]1O[C@H]1OC(CN)[C@@H](O)C(O)[C@H]1N. The second-order valence-electron chi connectivity index (χ2n) is 25.2. The summed E-state index contributed by atoms with van der Waals surface area (Å²) in [7, 11) is 0. The van der Waals surface area contributed by atoms with E-state index in [-0.39, 0.29) is 56.5 Å². The summed E-state index contributed by atoms with van der Waals surface area (Å²) < 4.78 is 36.8. The molecule has 4 aliphatic rings. The zero-order valence-electron chi connectivity index (χ0n) is 53.9. The Kier molecular flexibility index (Phi) is 41.2. The molecule has 19 atom stereocenters. The Hall–Kier alpha value is -1.95. The minimum absolute atomic E-state index is 0.00129. The van der Waals surface area contributed by atoms with E-state index in [1.54, 1.807) is 0 Å². The van der Waals surface area contributed by atoms with Crippen molar-refractivity contribution in [3.8, 4) is 0 Å². The molecule has 22 nitrogen and oxygen atoms in total. The van der Waals surface area contributed by atoms with E-state index in [0.29, 0.717) is 18.8 Å². The van der Waals surface area contributed by atoms with Gasteiger partial charge in [-0.05, 0) is 70.6 Å². The van der Waals surface area contributed by atoms with Crippen LogP contribution in [0.2, 0.25) is 0 Å². The third-order valence-corrected chi connectivity index (χ3v) is 18.9. The predicted octanol–water partition coefficient (Wildman–Crippen LogP) is 4.65. The molecule has 3 heterocycles. The van der Waals surface area contributed by atoms with E-state index in [0.717, 1.165) is 51.4 Å². The first-order chi connectivity index (χ1) is 42.6. The summed E-state index contributed by atoms with van der Waals surface area (Å²) >= 11 is 1.37. The lowest BCUT2D eigenvalue weighted by Crippen LogP contribution is -2.68. The van der Waals surface area contributed by atoms with Crippen molar-refractivity contribution in [2.24, 2.45) is 34.4 Å². The van der Waals surface area contributed by atoms with Crippen molar-refractivity contribution in [1.82, 2.24) is 10.2 Å². The minimum atomic E-state index is -1.59. The van der Waals surface area contributed by atoms with E-state index in [1.165, 1.54) is 140 Å². The van der Waals surface area contributed by atoms with E-state index in [1.807, 2.05) is 4.90 Å². The molecule has 1 aliphatic carbocycles. The Morgan fingerprint density at radius 3 is 1.35 bits per heavy atom. The Morgan fingerprint density at radius 1 is 0.489 bits per heavy atom. The first-order valence-electron chi connectivity index (χ1n) is 34.4. The second kappa shape index (κ2) is 46.2. The smallest absolute Gasteiger partial charge is 0.223 e. The zero-order valence-corrected chi connectivity index (χ0v) is 54.7. The van der Waals surface area contributed by atoms with Crippen LogP contribution in [0.5, 0.6) is 0 Å². The number of carbonyl (C=O) groups excluding carboxylic acids is 2. The van der Waals surface area contributed by atoms with Crippen LogP contribution in [-0.4, -0.2) is 208 Å². The highest BCUT2D eigenvalue weighted by Crippen LogP contribution is 2.36. The van der Waals surface area contributed by atoms with Crippen LogP contribution in [-0.2, 0) is 38.0 Å². The molecule has 0 bridgehead atoms. The molecule has 7 unspecified atom stereocenters. The molecular weight excluding hydrogens is 1150 g/mol. The first kappa shape index (κ1) is 78.5. The van der Waals surface area contributed by atoms with Gasteiger partial charge in [0.15, 0.2) is 18.9 Å². The summed E-state index contributed by atoms with van der Waals surface area (Å²) in [6.45, 7) is 5.82. The van der Waals surface area contributed by atoms with Gasteiger partial charge in [0.25, 0.3) is 0 Å². The number of aliphatic hydroxyl groups is 6. The Bertz CT molecular complexity index is 1830. The van der Waals surface area contributed by atoms with Crippen LogP contribution >= 0.6 is 11.8 Å². The first-order valence-corrected chi connectivity index (χ1v) is 35.6. The van der Waals surface area contributed by atoms with Gasteiger partial charge in [0.2, 0.25) is 11.8 Å². The van der Waals surface area contributed by atoms with Gasteiger partial charge < -0.3 is 104 Å². The average molecular weight is 1270 g/mol. The number of nitrogens with two attached hydrogens (primary N) is 6. The van der Waals surface area contributed by atoms with Crippen molar-refractivity contribution in [2.75, 3.05) is 44.2 Å². The van der Waals surface area contributed by atoms with Gasteiger partial charge in [-0.3, -0.25) is 9.59 Å². The predicted molar refractivity (Wildman–Crippen MR) is 346 cm³/mol. The van der Waals surface area contributed by atoms with Crippen LogP contribution in [0.1, 0.15) is 213 Å². The second-order valence-corrected chi connectivity index (χ2v) is 26.4. The van der Waals surface area contributed by atoms with Crippen LogP contribution < -0.4 is 39.7 Å². The number of nitrogens with zero attached hydrogens (tertiary/aromatic N) is 1. The fourth-order valence-electron chi connectivity index (χ4n) is 12.1. The zero-order chi connectivity index (χ0) is 64.1. The Labute approximate surface area is 532 Å². The van der Waals surface area contributed by atoms with Gasteiger partial charge in [0.05, 0.1) is 24.3 Å². The van der Waals surface area contributed by atoms with Crippen molar-refractivity contribution < 1.29 is 68.6 Å². The maximum absolute atomic E-state index is 13.8. The molecule has 0 spiro atoms. The van der Waals surface area contributed by atoms with Crippen molar-refractivity contribution in [2.45, 2.75) is 329 Å². The van der Waals surface area contributed by atoms with Crippen molar-refractivity contribution in [3.63, 3.8) is 0 Å². The Morgan fingerprint density at radius 2 is 0.898 bits per heavy atom. The molecule has 3 saturated heterocycles. The van der Waals surface area contributed by atoms with E-state index in [4.69, 9.17) is 62.8 Å². The normalized spacial score (nSPS) is 32.0. The number of amides is 2. The van der Waals surface area contributed by atoms with Crippen LogP contribution in [0.3, 0.4) is 0 Å². The Balaban J connectivity index is 1.27. The maximum Gasteiger partial charge on any atom is 0.223 e. The highest BCUT2D eigenvalue weighted by molar-refractivity contribution is 7.99. The molecule has 19 N–H and O–H groups in total. The monoisotopic (exact) mass is 1270 g/mol. The average Bonchev–Trinajstić information content (AvgIpc) is 2.35. The number of hydrogen-bond donors (Lipinski definition) is 13. The molecule has 23 heteroatoms. The van der Waals surface area contributed by atoms with Crippen LogP contribution in [0.15, 0.2) is 24.3 Å². The number of unbranched alkanes of at least 4 members (excludes halogenated alkanes) is 24. The number of hydrogen-bond acceptors (Lipinski definition) is 21. The summed E-state index contributed by atoms with van der Waals surface area (Å²) in [5.41, 5.74) is 37.0. The van der Waals surface area contributed by atoms with E-state index >= 15 is 0 Å². The van der Waals surface area contributed by atoms with E-state index < -0.39 is 116 Å². The topological polar surface area (TPSA) is 382 Å². The number of allylic oxidation sites excluding steroid dienone is 4. The van der Waals surface area contributed by atoms with Crippen LogP contribution in [0.4, 0.5) is 0 Å². The highest BCUT2D eigenvalue weighted by atomic mass is 32.2. The molecule has 0 aromatic rings. The molecule has 514 valence electrons. The van der Waals surface area contributed by atoms with Gasteiger partial charge in [-0.25, -0.2) is 0 Å². The molecular formula is C65H124N8O14S. The molecule has 3 aliphatic heterocycles. The van der Waals surface area contributed by atoms with E-state index in [2.05, 4.69) is 43.5 Å². The van der Waals surface area contributed by atoms with Crippen molar-refractivity contribution in [1.29, 1.82) is 0 Å². The molecule has 1 saturated carbocycles. The molecule has 88 heavy (non-hydrogen) atoms. The van der Waals surface area contributed by atoms with Gasteiger partial charge in [-0.1, -0.05) is 154 Å². The van der Waals surface area contributed by atoms with Gasteiger partial charge in [0, 0.05) is 69.2 Å². The van der Waals surface area contributed by atoms with Crippen LogP contribution in [0, 0.1) is 0 Å². The largest absolute Gasteiger partial charge is 0.389 e. The molecule has 4 fully saturated rings. The summed E-state index contributed by atoms with van der Waals surface area (Å²) in [6, 6.07) is -4.29. The third kappa shape index (κ3) is 28.3. The molecule has 0 aromatic carbocycles. The summed E-state index contributed by atoms with van der Waals surface area (Å²) in [5.74, 6) is 0.327. The van der Waals surface area contributed by atoms with Gasteiger partial charge in [0.1, 0.15) is 61.0 Å². The summed E-state index contributed by atoms with van der Waals surface area (Å²) in [6.07, 6.45) is 24.1. The fourth-order valence-corrected chi connectivity index (χ4v) is 13.0. The number of carbonyl (C=O) groups is 2. The minimum Gasteiger partial charge on any atom is -0.389 e. The molecule has 2 amide bonds. The lowest BCUT2D eigenvalue weighted by molar-refractivity contribution is -0.306. The quantitative estimate of drug-likeness (QED) is 0.0291. The fraction of sp³-hybridized carbons (Fsp3) is 0.908. The van der Waals surface area contributed by atoms with Crippen molar-refractivity contribution in [3.05, 3.63) is 24.3 Å². The van der Waals surface area contributed by atoms with Gasteiger partial charge in [-0.2, -0.15) is 11.8 Å². The van der Waals surface area contributed by atoms with Gasteiger partial charge >= 0.3 is 0 Å². The summed E-state index contributed by atoms with van der Waals surface area (Å²) in [5, 5.41) is 68.9. The van der Waals surface area contributed by atoms with Crippen LogP contribution in [0.25, 0.3) is 0 Å². The standard InChI is InChI=1S/C65H124N8O14S/c1-3-5-7-9-11-13-15-17-19-21-23-25-27-29-31-33-38-73(39-34-32-30-28-26-24-22-20-18-16-14-12-10-8-6-4-2)51(75)36-35-50(74)72-37-40-88-44-49-61(86-64-53(71)58(80)56(78)48(43-67)83-64)59(81)65(84-49)87-62-54(76)45(68)41-46(69)60(62)85-63-52(70)57(79)55(77)47(42-66)82-63/h17-20,45-49,52-65,76-81H,3-16,21-44,66-71H2,1-2H3,(H,72,74)/b19-17-,20-18-/t45-,46?,47?,48?,49-,52?,53-,54?,55+,56-,57-,58?,59?,60+,61+,62-,63+,64-,65+/m1/s1. The number of thioether (sulfide) groups is 1. The maximum atomic E-state index is 13.8. The lowest BCUT2D eigenvalue weighted by atomic mass is 9.84. The summed E-state index contributed by atoms with van der Waals surface area (Å²) in [4.78, 5) is 29.0. The highest BCUT2D eigenvalue weighted by Gasteiger charge is 2.54. The molecule has 0 radical (unpaired) electrons. The third-order valence-electron chi connectivity index (χ3n) is 17.8.